The molecule has 0 atom stereocenters. The van der Waals surface area contributed by atoms with Gasteiger partial charge < -0.3 is 5.73 Å². The third kappa shape index (κ3) is 2.84. The second-order valence-electron chi connectivity index (χ2n) is 3.60. The molecule has 0 aliphatic rings. The first-order valence-electron chi connectivity index (χ1n) is 3.84. The van der Waals surface area contributed by atoms with E-state index < -0.39 is 0 Å². The number of hydrogen-bond donors (Lipinski definition) is 1. The summed E-state index contributed by atoms with van der Waals surface area (Å²) >= 11 is 5.07. The molecule has 4 heteroatoms. The maximum absolute atomic E-state index is 5.63. The minimum absolute atomic E-state index is 0.164. The van der Waals surface area contributed by atoms with E-state index >= 15 is 0 Å². The van der Waals surface area contributed by atoms with Crippen LogP contribution in [0.5, 0.6) is 0 Å². The van der Waals surface area contributed by atoms with Crippen LogP contribution in [0.2, 0.25) is 0 Å². The summed E-state index contributed by atoms with van der Waals surface area (Å²) in [6.07, 6.45) is 2.80. The Morgan fingerprint density at radius 2 is 2.33 bits per heavy atom. The highest BCUT2D eigenvalue weighted by Gasteiger charge is 2.17. The average Bonchev–Trinajstić information content (AvgIpc) is 2.35. The highest BCUT2D eigenvalue weighted by Crippen LogP contribution is 2.25. The number of aromatic nitrogens is 1. The topological polar surface area (TPSA) is 38.9 Å². The Morgan fingerprint density at radius 3 is 2.75 bits per heavy atom. The second-order valence-corrected chi connectivity index (χ2v) is 6.10. The lowest BCUT2D eigenvalue weighted by molar-refractivity contribution is 0.376. The molecule has 1 heterocycles. The zero-order valence-corrected chi connectivity index (χ0v) is 9.70. The minimum atomic E-state index is 0.164. The van der Waals surface area contributed by atoms with Crippen molar-refractivity contribution in [2.24, 2.45) is 11.1 Å². The number of rotatable bonds is 3. The molecule has 68 valence electrons. The fourth-order valence-electron chi connectivity index (χ4n) is 0.851. The van der Waals surface area contributed by atoms with E-state index in [0.717, 1.165) is 15.2 Å². The molecule has 2 nitrogen and oxygen atoms in total. The van der Waals surface area contributed by atoms with Crippen molar-refractivity contribution in [1.29, 1.82) is 0 Å². The van der Waals surface area contributed by atoms with Crippen LogP contribution in [0.4, 0.5) is 0 Å². The van der Waals surface area contributed by atoms with E-state index in [4.69, 9.17) is 5.73 Å². The molecule has 0 saturated heterocycles. The summed E-state index contributed by atoms with van der Waals surface area (Å²) < 4.78 is 1.09. The van der Waals surface area contributed by atoms with Gasteiger partial charge >= 0.3 is 0 Å². The number of hydrogen-bond acceptors (Lipinski definition) is 3. The van der Waals surface area contributed by atoms with Crippen LogP contribution in [-0.2, 0) is 6.42 Å². The molecule has 0 amide bonds. The molecule has 12 heavy (non-hydrogen) atoms. The van der Waals surface area contributed by atoms with Gasteiger partial charge in [-0.2, -0.15) is 0 Å². The van der Waals surface area contributed by atoms with Gasteiger partial charge in [0.2, 0.25) is 0 Å². The third-order valence-electron chi connectivity index (χ3n) is 1.71. The van der Waals surface area contributed by atoms with E-state index in [1.165, 1.54) is 0 Å². The minimum Gasteiger partial charge on any atom is -0.330 e. The van der Waals surface area contributed by atoms with Crippen LogP contribution in [0, 0.1) is 5.41 Å². The molecule has 0 radical (unpaired) electrons. The molecular weight excluding hydrogens is 236 g/mol. The molecule has 0 aliphatic carbocycles. The maximum Gasteiger partial charge on any atom is 0.0942 e. The molecule has 2 N–H and O–H groups in total. The number of thiazole rings is 1. The zero-order chi connectivity index (χ0) is 9.19. The summed E-state index contributed by atoms with van der Waals surface area (Å²) in [6.45, 7) is 5.01. The molecule has 1 aromatic heterocycles. The zero-order valence-electron chi connectivity index (χ0n) is 7.30. The van der Waals surface area contributed by atoms with Gasteiger partial charge in [-0.25, -0.2) is 4.98 Å². The van der Waals surface area contributed by atoms with Crippen molar-refractivity contribution in [1.82, 2.24) is 4.98 Å². The quantitative estimate of drug-likeness (QED) is 0.893. The van der Waals surface area contributed by atoms with Gasteiger partial charge in [0.25, 0.3) is 0 Å². The highest BCUT2D eigenvalue weighted by atomic mass is 79.9. The summed E-state index contributed by atoms with van der Waals surface area (Å²) in [7, 11) is 0. The smallest absolute Gasteiger partial charge is 0.0942 e. The predicted octanol–water partition coefficient (Wildman–Crippen LogP) is 2.43. The van der Waals surface area contributed by atoms with Crippen LogP contribution in [0.15, 0.2) is 9.98 Å². The van der Waals surface area contributed by atoms with E-state index in [9.17, 15) is 0 Å². The normalized spacial score (nSPS) is 12.0. The Morgan fingerprint density at radius 1 is 1.67 bits per heavy atom. The van der Waals surface area contributed by atoms with Crippen LogP contribution in [0.25, 0.3) is 0 Å². The Bertz CT molecular complexity index is 257. The van der Waals surface area contributed by atoms with E-state index in [0.29, 0.717) is 6.54 Å². The molecule has 0 aliphatic heterocycles. The van der Waals surface area contributed by atoms with Gasteiger partial charge in [0.05, 0.1) is 15.0 Å². The fraction of sp³-hybridized carbons (Fsp3) is 0.625. The van der Waals surface area contributed by atoms with Crippen molar-refractivity contribution >= 4 is 27.3 Å². The van der Waals surface area contributed by atoms with Crippen molar-refractivity contribution in [3.8, 4) is 0 Å². The van der Waals surface area contributed by atoms with Crippen LogP contribution in [0.3, 0.4) is 0 Å². The molecule has 1 rings (SSSR count). The summed E-state index contributed by atoms with van der Waals surface area (Å²) in [4.78, 5) is 4.27. The lowest BCUT2D eigenvalue weighted by Crippen LogP contribution is -2.25. The Balaban J connectivity index is 2.63. The molecular formula is C8H13BrN2S. The molecule has 0 spiro atoms. The number of halogens is 1. The van der Waals surface area contributed by atoms with Gasteiger partial charge in [-0.3, -0.25) is 0 Å². The standard InChI is InChI=1S/C8H13BrN2S/c1-8(2,5-10)3-7-11-4-6(9)12-7/h4H,3,5,10H2,1-2H3. The number of nitrogens with two attached hydrogens (primary N) is 1. The van der Waals surface area contributed by atoms with E-state index in [2.05, 4.69) is 34.8 Å². The van der Waals surface area contributed by atoms with Crippen LogP contribution in [0.1, 0.15) is 18.9 Å². The Kier molecular flexibility index (Phi) is 3.26. The highest BCUT2D eigenvalue weighted by molar-refractivity contribution is 9.11. The lowest BCUT2D eigenvalue weighted by atomic mass is 9.90. The van der Waals surface area contributed by atoms with Gasteiger partial charge in [0, 0.05) is 6.42 Å². The Hall–Kier alpha value is 0.0700. The number of nitrogens with zero attached hydrogens (tertiary/aromatic N) is 1. The van der Waals surface area contributed by atoms with Gasteiger partial charge in [-0.1, -0.05) is 13.8 Å². The molecule has 0 bridgehead atoms. The van der Waals surface area contributed by atoms with E-state index in [1.54, 1.807) is 11.3 Å². The van der Waals surface area contributed by atoms with Gasteiger partial charge in [-0.05, 0) is 27.9 Å². The fourth-order valence-corrected chi connectivity index (χ4v) is 2.41. The lowest BCUT2D eigenvalue weighted by Gasteiger charge is -2.20. The predicted molar refractivity (Wildman–Crippen MR) is 56.4 cm³/mol. The van der Waals surface area contributed by atoms with Gasteiger partial charge in [0.1, 0.15) is 0 Å². The molecule has 0 unspecified atom stereocenters. The van der Waals surface area contributed by atoms with Gasteiger partial charge in [0.15, 0.2) is 0 Å². The molecule has 0 aromatic carbocycles. The maximum atomic E-state index is 5.63. The average molecular weight is 249 g/mol. The van der Waals surface area contributed by atoms with Crippen LogP contribution < -0.4 is 5.73 Å². The van der Waals surface area contributed by atoms with E-state index in [-0.39, 0.29) is 5.41 Å². The first-order chi connectivity index (χ1) is 5.53. The first kappa shape index (κ1) is 10.2. The largest absolute Gasteiger partial charge is 0.330 e. The van der Waals surface area contributed by atoms with Crippen molar-refractivity contribution in [3.05, 3.63) is 15.0 Å². The summed E-state index contributed by atoms with van der Waals surface area (Å²) in [5.74, 6) is 0. The van der Waals surface area contributed by atoms with Crippen molar-refractivity contribution < 1.29 is 0 Å². The summed E-state index contributed by atoms with van der Waals surface area (Å²) in [5, 5.41) is 1.15. The van der Waals surface area contributed by atoms with Crippen molar-refractivity contribution in [3.63, 3.8) is 0 Å². The summed E-state index contributed by atoms with van der Waals surface area (Å²) in [5.41, 5.74) is 5.79. The van der Waals surface area contributed by atoms with Crippen LogP contribution >= 0.6 is 27.3 Å². The SMILES string of the molecule is CC(C)(CN)Cc1ncc(Br)s1. The monoisotopic (exact) mass is 248 g/mol. The van der Waals surface area contributed by atoms with Crippen LogP contribution in [-0.4, -0.2) is 11.5 Å². The first-order valence-corrected chi connectivity index (χ1v) is 5.45. The van der Waals surface area contributed by atoms with E-state index in [1.807, 2.05) is 6.20 Å². The Labute approximate surface area is 85.3 Å². The molecule has 0 saturated carbocycles. The van der Waals surface area contributed by atoms with Gasteiger partial charge in [-0.15, -0.1) is 11.3 Å². The summed E-state index contributed by atoms with van der Waals surface area (Å²) in [6, 6.07) is 0. The van der Waals surface area contributed by atoms with Crippen molar-refractivity contribution in [2.75, 3.05) is 6.54 Å². The molecule has 1 aromatic rings. The third-order valence-corrected chi connectivity index (χ3v) is 3.18. The molecule has 0 fully saturated rings. The van der Waals surface area contributed by atoms with Crippen molar-refractivity contribution in [2.45, 2.75) is 20.3 Å². The second kappa shape index (κ2) is 3.85.